The topological polar surface area (TPSA) is 47.7 Å². The molecule has 21 heavy (non-hydrogen) atoms. The molecule has 5 heteroatoms. The van der Waals surface area contributed by atoms with Crippen molar-refractivity contribution in [3.8, 4) is 0 Å². The summed E-state index contributed by atoms with van der Waals surface area (Å²) in [5, 5.41) is 0. The molecule has 0 bridgehead atoms. The van der Waals surface area contributed by atoms with Crippen LogP contribution < -0.4 is 5.73 Å². The van der Waals surface area contributed by atoms with Gasteiger partial charge >= 0.3 is 0 Å². The van der Waals surface area contributed by atoms with Gasteiger partial charge in [0.1, 0.15) is 0 Å². The van der Waals surface area contributed by atoms with Crippen LogP contribution in [0.4, 0.5) is 0 Å². The molecule has 0 aromatic heterocycles. The number of hydrogen-bond acceptors (Lipinski definition) is 4. The van der Waals surface area contributed by atoms with Crippen molar-refractivity contribution >= 4 is 15.9 Å². The largest absolute Gasteiger partial charge is 0.383 e. The minimum absolute atomic E-state index is 0.139. The second-order valence-corrected chi connectivity index (χ2v) is 6.17. The molecule has 1 rings (SSSR count). The van der Waals surface area contributed by atoms with Gasteiger partial charge in [-0.05, 0) is 31.0 Å². The van der Waals surface area contributed by atoms with E-state index in [4.69, 9.17) is 15.2 Å². The van der Waals surface area contributed by atoms with Crippen molar-refractivity contribution in [3.05, 3.63) is 33.8 Å². The van der Waals surface area contributed by atoms with Crippen LogP contribution in [0.3, 0.4) is 0 Å². The first kappa shape index (κ1) is 18.6. The van der Waals surface area contributed by atoms with Crippen molar-refractivity contribution in [3.63, 3.8) is 0 Å². The molecule has 0 saturated heterocycles. The lowest BCUT2D eigenvalue weighted by atomic mass is 10.0. The zero-order chi connectivity index (χ0) is 15.8. The van der Waals surface area contributed by atoms with Gasteiger partial charge in [0, 0.05) is 43.9 Å². The van der Waals surface area contributed by atoms with Crippen molar-refractivity contribution in [2.24, 2.45) is 5.73 Å². The molecule has 0 amide bonds. The predicted molar refractivity (Wildman–Crippen MR) is 90.6 cm³/mol. The van der Waals surface area contributed by atoms with E-state index < -0.39 is 0 Å². The second-order valence-electron chi connectivity index (χ2n) is 5.31. The summed E-state index contributed by atoms with van der Waals surface area (Å²) in [4.78, 5) is 2.35. The number of halogens is 1. The highest BCUT2D eigenvalue weighted by Crippen LogP contribution is 2.29. The average molecular weight is 359 g/mol. The van der Waals surface area contributed by atoms with Gasteiger partial charge in [-0.1, -0.05) is 28.1 Å². The van der Waals surface area contributed by atoms with Crippen LogP contribution in [0.1, 0.15) is 24.1 Å². The summed E-state index contributed by atoms with van der Waals surface area (Å²) >= 11 is 3.67. The van der Waals surface area contributed by atoms with Gasteiger partial charge in [-0.25, -0.2) is 0 Å². The molecule has 0 heterocycles. The molecule has 0 aliphatic carbocycles. The van der Waals surface area contributed by atoms with Crippen LogP contribution in [0.5, 0.6) is 0 Å². The highest BCUT2D eigenvalue weighted by Gasteiger charge is 2.25. The standard InChI is InChI=1S/C16H27BrN2O2/c1-12-5-6-14(15(17)9-12)16(10-18)19(7-8-20-3)13(2)11-21-4/h5-6,9,13,16H,7-8,10-11,18H2,1-4H3. The Hall–Kier alpha value is -0.460. The van der Waals surface area contributed by atoms with E-state index in [1.807, 2.05) is 0 Å². The Bertz CT molecular complexity index is 429. The molecule has 0 aliphatic heterocycles. The molecule has 0 saturated carbocycles. The van der Waals surface area contributed by atoms with Crippen LogP contribution in [0.2, 0.25) is 0 Å². The van der Waals surface area contributed by atoms with Gasteiger partial charge in [-0.2, -0.15) is 0 Å². The van der Waals surface area contributed by atoms with Gasteiger partial charge < -0.3 is 15.2 Å². The Morgan fingerprint density at radius 1 is 1.29 bits per heavy atom. The monoisotopic (exact) mass is 358 g/mol. The van der Waals surface area contributed by atoms with Gasteiger partial charge in [0.15, 0.2) is 0 Å². The number of rotatable bonds is 9. The van der Waals surface area contributed by atoms with E-state index in [1.165, 1.54) is 11.1 Å². The first-order valence-electron chi connectivity index (χ1n) is 7.24. The van der Waals surface area contributed by atoms with Gasteiger partial charge in [0.2, 0.25) is 0 Å². The maximum atomic E-state index is 6.07. The summed E-state index contributed by atoms with van der Waals surface area (Å²) in [6.07, 6.45) is 0. The lowest BCUT2D eigenvalue weighted by Crippen LogP contribution is -2.44. The minimum atomic E-state index is 0.139. The third-order valence-electron chi connectivity index (χ3n) is 3.67. The number of methoxy groups -OCH3 is 2. The molecule has 2 unspecified atom stereocenters. The summed E-state index contributed by atoms with van der Waals surface area (Å²) in [7, 11) is 3.45. The van der Waals surface area contributed by atoms with E-state index in [9.17, 15) is 0 Å². The van der Waals surface area contributed by atoms with Crippen LogP contribution in [0.25, 0.3) is 0 Å². The molecule has 0 aliphatic rings. The Balaban J connectivity index is 3.04. The lowest BCUT2D eigenvalue weighted by molar-refractivity contribution is 0.0485. The SMILES string of the molecule is COCCN(C(C)COC)C(CN)c1ccc(C)cc1Br. The Labute approximate surface area is 136 Å². The van der Waals surface area contributed by atoms with Crippen LogP contribution in [-0.2, 0) is 9.47 Å². The van der Waals surface area contributed by atoms with Gasteiger partial charge in [-0.3, -0.25) is 4.90 Å². The first-order chi connectivity index (χ1) is 10.0. The fraction of sp³-hybridized carbons (Fsp3) is 0.625. The molecule has 2 atom stereocenters. The number of hydrogen-bond donors (Lipinski definition) is 1. The average Bonchev–Trinajstić information content (AvgIpc) is 2.45. The Kier molecular flexibility index (Phi) is 8.44. The second kappa shape index (κ2) is 9.54. The van der Waals surface area contributed by atoms with E-state index >= 15 is 0 Å². The summed E-state index contributed by atoms with van der Waals surface area (Å²) < 4.78 is 11.7. The highest BCUT2D eigenvalue weighted by molar-refractivity contribution is 9.10. The fourth-order valence-corrected chi connectivity index (χ4v) is 3.32. The van der Waals surface area contributed by atoms with E-state index in [0.29, 0.717) is 19.8 Å². The van der Waals surface area contributed by atoms with Crippen molar-refractivity contribution < 1.29 is 9.47 Å². The fourth-order valence-electron chi connectivity index (χ4n) is 2.56. The number of aryl methyl sites for hydroxylation is 1. The summed E-state index contributed by atoms with van der Waals surface area (Å²) in [5.41, 5.74) is 8.52. The lowest BCUT2D eigenvalue weighted by Gasteiger charge is -2.36. The van der Waals surface area contributed by atoms with Gasteiger partial charge in [-0.15, -0.1) is 0 Å². The van der Waals surface area contributed by atoms with E-state index in [-0.39, 0.29) is 12.1 Å². The van der Waals surface area contributed by atoms with Gasteiger partial charge in [0.05, 0.1) is 13.2 Å². The predicted octanol–water partition coefficient (Wildman–Crippen LogP) is 2.74. The van der Waals surface area contributed by atoms with Crippen molar-refractivity contribution in [2.45, 2.75) is 25.9 Å². The first-order valence-corrected chi connectivity index (χ1v) is 8.04. The zero-order valence-electron chi connectivity index (χ0n) is 13.4. The molecule has 1 aromatic carbocycles. The van der Waals surface area contributed by atoms with E-state index in [0.717, 1.165) is 11.0 Å². The normalized spacial score (nSPS) is 14.4. The number of nitrogens with two attached hydrogens (primary N) is 1. The molecular weight excluding hydrogens is 332 g/mol. The van der Waals surface area contributed by atoms with Gasteiger partial charge in [0.25, 0.3) is 0 Å². The number of ether oxygens (including phenoxy) is 2. The summed E-state index contributed by atoms with van der Waals surface area (Å²) in [6, 6.07) is 6.81. The molecule has 0 fully saturated rings. The van der Waals surface area contributed by atoms with Crippen LogP contribution in [0, 0.1) is 6.92 Å². The Morgan fingerprint density at radius 3 is 2.52 bits per heavy atom. The van der Waals surface area contributed by atoms with E-state index in [2.05, 4.69) is 52.9 Å². The number of nitrogens with zero attached hydrogens (tertiary/aromatic N) is 1. The molecule has 0 spiro atoms. The maximum absolute atomic E-state index is 6.07. The van der Waals surface area contributed by atoms with Crippen LogP contribution >= 0.6 is 15.9 Å². The Morgan fingerprint density at radius 2 is 2.00 bits per heavy atom. The number of benzene rings is 1. The molecular formula is C16H27BrN2O2. The molecule has 1 aromatic rings. The molecule has 0 radical (unpaired) electrons. The summed E-state index contributed by atoms with van der Waals surface area (Å²) in [5.74, 6) is 0. The molecule has 120 valence electrons. The van der Waals surface area contributed by atoms with Crippen LogP contribution in [0.15, 0.2) is 22.7 Å². The smallest absolute Gasteiger partial charge is 0.0615 e. The van der Waals surface area contributed by atoms with Crippen molar-refractivity contribution in [2.75, 3.05) is 40.5 Å². The zero-order valence-corrected chi connectivity index (χ0v) is 15.0. The quantitative estimate of drug-likeness (QED) is 0.737. The minimum Gasteiger partial charge on any atom is -0.383 e. The molecule has 2 N–H and O–H groups in total. The summed E-state index contributed by atoms with van der Waals surface area (Å²) in [6.45, 7) is 6.96. The van der Waals surface area contributed by atoms with E-state index in [1.54, 1.807) is 14.2 Å². The maximum Gasteiger partial charge on any atom is 0.0615 e. The van der Waals surface area contributed by atoms with Crippen molar-refractivity contribution in [1.29, 1.82) is 0 Å². The third-order valence-corrected chi connectivity index (χ3v) is 4.35. The third kappa shape index (κ3) is 5.34. The highest BCUT2D eigenvalue weighted by atomic mass is 79.9. The van der Waals surface area contributed by atoms with Crippen molar-refractivity contribution in [1.82, 2.24) is 4.90 Å². The molecule has 4 nitrogen and oxygen atoms in total. The van der Waals surface area contributed by atoms with Crippen LogP contribution in [-0.4, -0.2) is 51.5 Å².